The zero-order chi connectivity index (χ0) is 18.1. The molecule has 3 nitrogen and oxygen atoms in total. The van der Waals surface area contributed by atoms with Gasteiger partial charge in [0.1, 0.15) is 5.82 Å². The maximum absolute atomic E-state index is 13.1. The minimum absolute atomic E-state index is 0.200. The molecular weight excluding hydrogens is 329 g/mol. The third-order valence-corrected chi connectivity index (χ3v) is 4.88. The second kappa shape index (κ2) is 6.39. The Morgan fingerprint density at radius 2 is 1.54 bits per heavy atom. The van der Waals surface area contributed by atoms with Crippen molar-refractivity contribution in [3.63, 3.8) is 0 Å². The number of rotatable bonds is 4. The summed E-state index contributed by atoms with van der Waals surface area (Å²) < 4.78 is 13.1. The first-order valence-electron chi connectivity index (χ1n) is 8.54. The van der Waals surface area contributed by atoms with Crippen LogP contribution in [0.1, 0.15) is 27.0 Å². The van der Waals surface area contributed by atoms with E-state index < -0.39 is 5.72 Å². The summed E-state index contributed by atoms with van der Waals surface area (Å²) in [6, 6.07) is 22.6. The Hall–Kier alpha value is -2.98. The van der Waals surface area contributed by atoms with Crippen LogP contribution in [0.15, 0.2) is 78.9 Å². The van der Waals surface area contributed by atoms with E-state index in [9.17, 15) is 14.3 Å². The first kappa shape index (κ1) is 16.5. The Balaban J connectivity index is 1.72. The quantitative estimate of drug-likeness (QED) is 0.781. The van der Waals surface area contributed by atoms with Gasteiger partial charge in [0.2, 0.25) is 0 Å². The van der Waals surface area contributed by atoms with Gasteiger partial charge in [-0.3, -0.25) is 4.79 Å². The highest BCUT2D eigenvalue weighted by Crippen LogP contribution is 2.42. The molecular formula is C22H18FNO2. The highest BCUT2D eigenvalue weighted by Gasteiger charge is 2.49. The minimum Gasteiger partial charge on any atom is -0.363 e. The average molecular weight is 347 g/mol. The molecule has 0 spiro atoms. The lowest BCUT2D eigenvalue weighted by Crippen LogP contribution is -2.45. The van der Waals surface area contributed by atoms with Gasteiger partial charge < -0.3 is 10.0 Å². The Kier molecular flexibility index (Phi) is 4.05. The maximum atomic E-state index is 13.1. The summed E-state index contributed by atoms with van der Waals surface area (Å²) in [5, 5.41) is 11.6. The van der Waals surface area contributed by atoms with Gasteiger partial charge in [-0.15, -0.1) is 0 Å². The molecule has 0 saturated heterocycles. The summed E-state index contributed by atoms with van der Waals surface area (Å²) in [6.45, 7) is 0.324. The van der Waals surface area contributed by atoms with Gasteiger partial charge in [0, 0.05) is 23.2 Å². The number of amides is 1. The topological polar surface area (TPSA) is 40.5 Å². The number of hydrogen-bond acceptors (Lipinski definition) is 2. The normalized spacial score (nSPS) is 18.8. The molecule has 1 aliphatic heterocycles. The lowest BCUT2D eigenvalue weighted by atomic mass is 9.93. The molecule has 0 aromatic heterocycles. The number of fused-ring (bicyclic) bond motifs is 1. The number of carbonyl (C=O) groups excluding carboxylic acids is 1. The maximum Gasteiger partial charge on any atom is 0.257 e. The van der Waals surface area contributed by atoms with E-state index in [-0.39, 0.29) is 11.7 Å². The predicted octanol–water partition coefficient (Wildman–Crippen LogP) is 3.72. The van der Waals surface area contributed by atoms with Crippen LogP contribution < -0.4 is 0 Å². The van der Waals surface area contributed by atoms with Crippen LogP contribution in [0.3, 0.4) is 0 Å². The van der Waals surface area contributed by atoms with Gasteiger partial charge in [-0.25, -0.2) is 4.39 Å². The van der Waals surface area contributed by atoms with Gasteiger partial charge >= 0.3 is 0 Å². The summed E-state index contributed by atoms with van der Waals surface area (Å²) >= 11 is 0. The third kappa shape index (κ3) is 2.59. The van der Waals surface area contributed by atoms with Crippen LogP contribution in [0.5, 0.6) is 0 Å². The van der Waals surface area contributed by atoms with Crippen molar-refractivity contribution in [3.8, 4) is 0 Å². The molecule has 0 saturated carbocycles. The summed E-state index contributed by atoms with van der Waals surface area (Å²) in [6.07, 6.45) is 0.523. The number of nitrogens with zero attached hydrogens (tertiary/aromatic N) is 1. The van der Waals surface area contributed by atoms with E-state index in [2.05, 4.69) is 0 Å². The second-order valence-electron chi connectivity index (χ2n) is 6.42. The fourth-order valence-electron chi connectivity index (χ4n) is 3.55. The van der Waals surface area contributed by atoms with Crippen molar-refractivity contribution in [1.29, 1.82) is 0 Å². The van der Waals surface area contributed by atoms with Crippen molar-refractivity contribution in [2.75, 3.05) is 6.54 Å². The van der Waals surface area contributed by atoms with E-state index in [1.165, 1.54) is 17.0 Å². The molecule has 130 valence electrons. The number of hydrogen-bond donors (Lipinski definition) is 1. The highest BCUT2D eigenvalue weighted by atomic mass is 19.1. The Morgan fingerprint density at radius 3 is 2.27 bits per heavy atom. The molecule has 1 heterocycles. The van der Waals surface area contributed by atoms with Gasteiger partial charge in [-0.1, -0.05) is 60.7 Å². The molecule has 4 heteroatoms. The molecule has 26 heavy (non-hydrogen) atoms. The van der Waals surface area contributed by atoms with Crippen molar-refractivity contribution >= 4 is 5.91 Å². The van der Waals surface area contributed by atoms with Crippen molar-refractivity contribution in [2.45, 2.75) is 12.1 Å². The van der Waals surface area contributed by atoms with Crippen LogP contribution in [0.2, 0.25) is 0 Å². The van der Waals surface area contributed by atoms with E-state index in [1.807, 2.05) is 36.4 Å². The van der Waals surface area contributed by atoms with Crippen molar-refractivity contribution in [3.05, 3.63) is 107 Å². The zero-order valence-corrected chi connectivity index (χ0v) is 14.1. The van der Waals surface area contributed by atoms with Gasteiger partial charge in [0.05, 0.1) is 0 Å². The van der Waals surface area contributed by atoms with E-state index in [1.54, 1.807) is 30.3 Å². The first-order chi connectivity index (χ1) is 12.6. The standard InChI is InChI=1S/C22H18FNO2/c23-18-12-10-16(11-13-18)14-15-24-21(25)19-8-4-5-9-20(19)22(24,26)17-6-2-1-3-7-17/h1-13,26H,14-15H2. The number of benzene rings is 3. The molecule has 0 radical (unpaired) electrons. The monoisotopic (exact) mass is 347 g/mol. The van der Waals surface area contributed by atoms with Crippen LogP contribution in [0.25, 0.3) is 0 Å². The van der Waals surface area contributed by atoms with E-state index in [4.69, 9.17) is 0 Å². The molecule has 4 rings (SSSR count). The number of aliphatic hydroxyl groups is 1. The summed E-state index contributed by atoms with van der Waals surface area (Å²) in [5.41, 5.74) is 1.16. The summed E-state index contributed by atoms with van der Waals surface area (Å²) in [5.74, 6) is -0.492. The van der Waals surface area contributed by atoms with Gasteiger partial charge in [0.25, 0.3) is 5.91 Å². The lowest BCUT2D eigenvalue weighted by molar-refractivity contribution is -0.0493. The van der Waals surface area contributed by atoms with Crippen molar-refractivity contribution in [2.24, 2.45) is 0 Å². The fraction of sp³-hybridized carbons (Fsp3) is 0.136. The molecule has 1 N–H and O–H groups in total. The molecule has 1 aliphatic rings. The van der Waals surface area contributed by atoms with Crippen LogP contribution in [0.4, 0.5) is 4.39 Å². The zero-order valence-electron chi connectivity index (χ0n) is 14.1. The number of carbonyl (C=O) groups is 1. The SMILES string of the molecule is O=C1c2ccccc2C(O)(c2ccccc2)N1CCc1ccc(F)cc1. The Labute approximate surface area is 151 Å². The fourth-order valence-corrected chi connectivity index (χ4v) is 3.55. The molecule has 1 atom stereocenters. The van der Waals surface area contributed by atoms with Gasteiger partial charge in [-0.2, -0.15) is 0 Å². The summed E-state index contributed by atoms with van der Waals surface area (Å²) in [4.78, 5) is 14.5. The average Bonchev–Trinajstić information content (AvgIpc) is 2.91. The summed E-state index contributed by atoms with van der Waals surface area (Å²) in [7, 11) is 0. The van der Waals surface area contributed by atoms with Gasteiger partial charge in [0.15, 0.2) is 5.72 Å². The van der Waals surface area contributed by atoms with Crippen LogP contribution >= 0.6 is 0 Å². The minimum atomic E-state index is -1.50. The lowest BCUT2D eigenvalue weighted by Gasteiger charge is -2.35. The van der Waals surface area contributed by atoms with Crippen molar-refractivity contribution < 1.29 is 14.3 Å². The van der Waals surface area contributed by atoms with Crippen LogP contribution in [0, 0.1) is 5.82 Å². The van der Waals surface area contributed by atoms with E-state index in [0.717, 1.165) is 5.56 Å². The molecule has 3 aromatic rings. The smallest absolute Gasteiger partial charge is 0.257 e. The second-order valence-corrected chi connectivity index (χ2v) is 6.42. The first-order valence-corrected chi connectivity index (χ1v) is 8.54. The largest absolute Gasteiger partial charge is 0.363 e. The predicted molar refractivity (Wildman–Crippen MR) is 97.0 cm³/mol. The van der Waals surface area contributed by atoms with Crippen LogP contribution in [-0.2, 0) is 12.1 Å². The molecule has 0 fully saturated rings. The molecule has 0 bridgehead atoms. The third-order valence-electron chi connectivity index (χ3n) is 4.88. The van der Waals surface area contributed by atoms with Crippen molar-refractivity contribution in [1.82, 2.24) is 4.90 Å². The van der Waals surface area contributed by atoms with E-state index in [0.29, 0.717) is 29.7 Å². The Morgan fingerprint density at radius 1 is 0.885 bits per heavy atom. The number of halogens is 1. The van der Waals surface area contributed by atoms with Gasteiger partial charge in [-0.05, 0) is 30.2 Å². The molecule has 1 amide bonds. The highest BCUT2D eigenvalue weighted by molar-refractivity contribution is 6.00. The molecule has 1 unspecified atom stereocenters. The molecule has 0 aliphatic carbocycles. The van der Waals surface area contributed by atoms with E-state index >= 15 is 0 Å². The Bertz CT molecular complexity index is 940. The van der Waals surface area contributed by atoms with Crippen LogP contribution in [-0.4, -0.2) is 22.5 Å². The molecule has 3 aromatic carbocycles.